The number of amides is 1. The van der Waals surface area contributed by atoms with Gasteiger partial charge in [0.25, 0.3) is 5.91 Å². The second-order valence-corrected chi connectivity index (χ2v) is 7.37. The molecular formula is C21H27N3O6. The molecule has 0 radical (unpaired) electrons. The Hall–Kier alpha value is -2.48. The summed E-state index contributed by atoms with van der Waals surface area (Å²) in [6, 6.07) is 8.65. The number of aliphatic hydroxyl groups is 3. The van der Waals surface area contributed by atoms with Gasteiger partial charge < -0.3 is 35.0 Å². The molecule has 9 heteroatoms. The molecule has 0 spiro atoms. The molecule has 0 aliphatic carbocycles. The molecule has 0 saturated carbocycles. The minimum atomic E-state index is -1.34. The molecule has 1 aromatic rings. The zero-order chi connectivity index (χ0) is 21.7. The molecule has 4 atom stereocenters. The fraction of sp³-hybridized carbons (Fsp3) is 0.524. The average Bonchev–Trinajstić information content (AvgIpc) is 2.78. The van der Waals surface area contributed by atoms with Crippen LogP contribution in [-0.2, 0) is 14.3 Å². The summed E-state index contributed by atoms with van der Waals surface area (Å²) < 4.78 is 10.6. The van der Waals surface area contributed by atoms with Crippen LogP contribution in [0.25, 0.3) is 5.57 Å². The number of nitriles is 1. The molecule has 0 aromatic heterocycles. The summed E-state index contributed by atoms with van der Waals surface area (Å²) in [4.78, 5) is 14.9. The Morgan fingerprint density at radius 2 is 1.90 bits per heavy atom. The standard InChI is InChI=1S/C21H27N3O6/c1-13(14-2-4-15(5-3-14)24-6-8-29-9-7-24)16(10-22)21(28)23-17-12-30-18(11-25)20(27)19(17)26/h2-5,17-20,25-27H,6-9,11-12H2,1H3,(H,23,28)/b16-13+/t17-,18+,19+,20+/m0/s1. The summed E-state index contributed by atoms with van der Waals surface area (Å²) in [5.41, 5.74) is 2.20. The predicted molar refractivity (Wildman–Crippen MR) is 108 cm³/mol. The zero-order valence-electron chi connectivity index (χ0n) is 16.8. The fourth-order valence-electron chi connectivity index (χ4n) is 3.60. The van der Waals surface area contributed by atoms with Crippen molar-refractivity contribution < 1.29 is 29.6 Å². The minimum absolute atomic E-state index is 0.0821. The molecule has 2 aliphatic heterocycles. The van der Waals surface area contributed by atoms with E-state index >= 15 is 0 Å². The highest BCUT2D eigenvalue weighted by molar-refractivity contribution is 6.04. The quantitative estimate of drug-likeness (QED) is 0.369. The van der Waals surface area contributed by atoms with Gasteiger partial charge >= 0.3 is 0 Å². The minimum Gasteiger partial charge on any atom is -0.394 e. The number of hydrogen-bond acceptors (Lipinski definition) is 8. The van der Waals surface area contributed by atoms with Gasteiger partial charge in [0.15, 0.2) is 0 Å². The van der Waals surface area contributed by atoms with Gasteiger partial charge in [0.05, 0.1) is 32.5 Å². The highest BCUT2D eigenvalue weighted by Crippen LogP contribution is 2.23. The molecule has 2 aliphatic rings. The first-order valence-corrected chi connectivity index (χ1v) is 9.89. The smallest absolute Gasteiger partial charge is 0.262 e. The third-order valence-electron chi connectivity index (χ3n) is 5.52. The SMILES string of the molecule is C/C(=C(/C#N)C(=O)N[C@H]1CO[C@H](CO)[C@@H](O)[C@@H]1O)c1ccc(N2CCOCC2)cc1. The molecule has 0 bridgehead atoms. The first-order valence-electron chi connectivity index (χ1n) is 9.89. The Kier molecular flexibility index (Phi) is 7.42. The number of hydrogen-bond donors (Lipinski definition) is 4. The molecule has 0 unspecified atom stereocenters. The maximum Gasteiger partial charge on any atom is 0.262 e. The lowest BCUT2D eigenvalue weighted by molar-refractivity contribution is -0.163. The van der Waals surface area contributed by atoms with Gasteiger partial charge in [0, 0.05) is 18.8 Å². The van der Waals surface area contributed by atoms with Crippen molar-refractivity contribution in [1.82, 2.24) is 5.32 Å². The number of ether oxygens (including phenoxy) is 2. The Balaban J connectivity index is 1.71. The van der Waals surface area contributed by atoms with Crippen LogP contribution in [0.1, 0.15) is 12.5 Å². The molecule has 4 N–H and O–H groups in total. The summed E-state index contributed by atoms with van der Waals surface area (Å²) in [7, 11) is 0. The summed E-state index contributed by atoms with van der Waals surface area (Å²) in [5.74, 6) is -0.658. The number of carbonyl (C=O) groups excluding carboxylic acids is 1. The predicted octanol–water partition coefficient (Wildman–Crippen LogP) is -0.582. The van der Waals surface area contributed by atoms with Crippen LogP contribution in [0.3, 0.4) is 0 Å². The topological polar surface area (TPSA) is 135 Å². The Labute approximate surface area is 175 Å². The number of nitrogens with one attached hydrogen (secondary N) is 1. The van der Waals surface area contributed by atoms with E-state index in [9.17, 15) is 20.3 Å². The lowest BCUT2D eigenvalue weighted by Gasteiger charge is -2.37. The van der Waals surface area contributed by atoms with Crippen molar-refractivity contribution in [2.45, 2.75) is 31.3 Å². The van der Waals surface area contributed by atoms with Gasteiger partial charge in [0.1, 0.15) is 30.0 Å². The van der Waals surface area contributed by atoms with Gasteiger partial charge in [-0.1, -0.05) is 12.1 Å². The maximum atomic E-state index is 12.7. The fourth-order valence-corrected chi connectivity index (χ4v) is 3.60. The van der Waals surface area contributed by atoms with Gasteiger partial charge in [-0.15, -0.1) is 0 Å². The molecule has 3 rings (SSSR count). The third kappa shape index (κ3) is 4.80. The van der Waals surface area contributed by atoms with Crippen molar-refractivity contribution in [2.75, 3.05) is 44.4 Å². The first kappa shape index (κ1) is 22.2. The number of morpholine rings is 1. The average molecular weight is 417 g/mol. The van der Waals surface area contributed by atoms with E-state index in [2.05, 4.69) is 10.2 Å². The van der Waals surface area contributed by atoms with Crippen LogP contribution >= 0.6 is 0 Å². The lowest BCUT2D eigenvalue weighted by Crippen LogP contribution is -2.60. The summed E-state index contributed by atoms with van der Waals surface area (Å²) in [5, 5.41) is 41.4. The number of benzene rings is 1. The van der Waals surface area contributed by atoms with Crippen LogP contribution in [0.15, 0.2) is 29.8 Å². The van der Waals surface area contributed by atoms with E-state index in [1.165, 1.54) is 0 Å². The second kappa shape index (κ2) is 10.0. The van der Waals surface area contributed by atoms with Crippen LogP contribution in [0, 0.1) is 11.3 Å². The van der Waals surface area contributed by atoms with Gasteiger partial charge in [-0.05, 0) is 30.2 Å². The summed E-state index contributed by atoms with van der Waals surface area (Å²) in [6.07, 6.45) is -3.56. The number of aliphatic hydroxyl groups excluding tert-OH is 3. The van der Waals surface area contributed by atoms with E-state index in [1.54, 1.807) is 6.92 Å². The highest BCUT2D eigenvalue weighted by atomic mass is 16.5. The molecule has 1 amide bonds. The van der Waals surface area contributed by atoms with Crippen molar-refractivity contribution in [2.24, 2.45) is 0 Å². The largest absolute Gasteiger partial charge is 0.394 e. The van der Waals surface area contributed by atoms with E-state index in [4.69, 9.17) is 14.6 Å². The van der Waals surface area contributed by atoms with Crippen LogP contribution < -0.4 is 10.2 Å². The van der Waals surface area contributed by atoms with Crippen LogP contribution in [0.5, 0.6) is 0 Å². The molecule has 30 heavy (non-hydrogen) atoms. The number of carbonyl (C=O) groups is 1. The van der Waals surface area contributed by atoms with E-state index in [-0.39, 0.29) is 12.2 Å². The molecule has 2 heterocycles. The van der Waals surface area contributed by atoms with Crippen LogP contribution in [0.4, 0.5) is 5.69 Å². The molecule has 162 valence electrons. The summed E-state index contributed by atoms with van der Waals surface area (Å²) >= 11 is 0. The van der Waals surface area contributed by atoms with E-state index in [0.717, 1.165) is 24.3 Å². The monoisotopic (exact) mass is 417 g/mol. The Bertz CT molecular complexity index is 813. The van der Waals surface area contributed by atoms with Gasteiger partial charge in [-0.2, -0.15) is 5.26 Å². The van der Waals surface area contributed by atoms with Crippen LogP contribution in [-0.4, -0.2) is 85.1 Å². The summed E-state index contributed by atoms with van der Waals surface area (Å²) in [6.45, 7) is 4.16. The lowest BCUT2D eigenvalue weighted by atomic mass is 9.97. The number of anilines is 1. The zero-order valence-corrected chi connectivity index (χ0v) is 16.8. The second-order valence-electron chi connectivity index (χ2n) is 7.37. The Morgan fingerprint density at radius 3 is 2.50 bits per heavy atom. The molecule has 9 nitrogen and oxygen atoms in total. The molecule has 2 fully saturated rings. The molecule has 2 saturated heterocycles. The normalized spacial score (nSPS) is 27.8. The van der Waals surface area contributed by atoms with E-state index in [0.29, 0.717) is 18.8 Å². The first-order chi connectivity index (χ1) is 14.5. The molecular weight excluding hydrogens is 390 g/mol. The van der Waals surface area contributed by atoms with Gasteiger partial charge in [-0.3, -0.25) is 4.79 Å². The van der Waals surface area contributed by atoms with E-state index < -0.39 is 36.9 Å². The third-order valence-corrected chi connectivity index (χ3v) is 5.52. The van der Waals surface area contributed by atoms with Crippen molar-refractivity contribution in [3.8, 4) is 6.07 Å². The van der Waals surface area contributed by atoms with Gasteiger partial charge in [-0.25, -0.2) is 0 Å². The number of allylic oxidation sites excluding steroid dienone is 1. The van der Waals surface area contributed by atoms with Crippen molar-refractivity contribution >= 4 is 17.2 Å². The number of nitrogens with zero attached hydrogens (tertiary/aromatic N) is 2. The van der Waals surface area contributed by atoms with Crippen molar-refractivity contribution in [3.05, 3.63) is 35.4 Å². The van der Waals surface area contributed by atoms with Crippen LogP contribution in [0.2, 0.25) is 0 Å². The maximum absolute atomic E-state index is 12.7. The number of rotatable bonds is 5. The van der Waals surface area contributed by atoms with Crippen molar-refractivity contribution in [3.63, 3.8) is 0 Å². The Morgan fingerprint density at radius 1 is 1.23 bits per heavy atom. The molecule has 1 aromatic carbocycles. The van der Waals surface area contributed by atoms with Gasteiger partial charge in [0.2, 0.25) is 0 Å². The van der Waals surface area contributed by atoms with Crippen molar-refractivity contribution in [1.29, 1.82) is 5.26 Å². The van der Waals surface area contributed by atoms with E-state index in [1.807, 2.05) is 30.3 Å². The highest BCUT2D eigenvalue weighted by Gasteiger charge is 2.39.